The van der Waals surface area contributed by atoms with Gasteiger partial charge in [0.25, 0.3) is 23.6 Å². The number of amides is 4. The van der Waals surface area contributed by atoms with Crippen LogP contribution in [0.15, 0.2) is 36.4 Å². The first kappa shape index (κ1) is 15.6. The molecule has 2 aliphatic heterocycles. The SMILES string of the molecule is O=C(ON1C(=O)CC(O)C1=O)c1ccc(N2C(=O)C=CC2=O)cc1. The van der Waals surface area contributed by atoms with Gasteiger partial charge >= 0.3 is 5.97 Å². The van der Waals surface area contributed by atoms with Gasteiger partial charge in [-0.1, -0.05) is 5.06 Å². The summed E-state index contributed by atoms with van der Waals surface area (Å²) in [7, 11) is 0. The molecule has 1 saturated heterocycles. The number of aliphatic hydroxyl groups is 1. The molecule has 0 aliphatic carbocycles. The normalized spacial score (nSPS) is 20.3. The van der Waals surface area contributed by atoms with E-state index in [4.69, 9.17) is 0 Å². The first-order valence-corrected chi connectivity index (χ1v) is 6.82. The molecular weight excluding hydrogens is 320 g/mol. The van der Waals surface area contributed by atoms with Gasteiger partial charge in [-0.05, 0) is 24.3 Å². The van der Waals surface area contributed by atoms with Crippen molar-refractivity contribution >= 4 is 35.3 Å². The molecule has 3 rings (SSSR count). The minimum absolute atomic E-state index is 0.00667. The molecule has 122 valence electrons. The Bertz CT molecular complexity index is 779. The molecule has 0 saturated carbocycles. The summed E-state index contributed by atoms with van der Waals surface area (Å²) in [6.07, 6.45) is 0.283. The zero-order chi connectivity index (χ0) is 17.4. The lowest BCUT2D eigenvalue weighted by atomic mass is 10.2. The lowest BCUT2D eigenvalue weighted by Crippen LogP contribution is -2.34. The largest absolute Gasteiger partial charge is 0.383 e. The van der Waals surface area contributed by atoms with E-state index in [2.05, 4.69) is 4.84 Å². The molecular formula is C15H10N2O7. The van der Waals surface area contributed by atoms with Crippen molar-refractivity contribution in [1.29, 1.82) is 0 Å². The predicted octanol–water partition coefficient (Wildman–Crippen LogP) is -0.692. The van der Waals surface area contributed by atoms with E-state index >= 15 is 0 Å². The summed E-state index contributed by atoms with van der Waals surface area (Å²) in [5, 5.41) is 9.47. The van der Waals surface area contributed by atoms with Crippen molar-refractivity contribution in [2.75, 3.05) is 4.90 Å². The summed E-state index contributed by atoms with van der Waals surface area (Å²) < 4.78 is 0. The van der Waals surface area contributed by atoms with E-state index < -0.39 is 42.1 Å². The maximum Gasteiger partial charge on any atom is 0.363 e. The summed E-state index contributed by atoms with van der Waals surface area (Å²) in [5.41, 5.74) is 0.253. The van der Waals surface area contributed by atoms with Crippen LogP contribution in [0.3, 0.4) is 0 Å². The number of anilines is 1. The van der Waals surface area contributed by atoms with Crippen LogP contribution in [-0.2, 0) is 24.0 Å². The molecule has 1 fully saturated rings. The van der Waals surface area contributed by atoms with Crippen molar-refractivity contribution in [3.63, 3.8) is 0 Å². The molecule has 4 amide bonds. The van der Waals surface area contributed by atoms with Gasteiger partial charge in [0, 0.05) is 12.2 Å². The number of hydrogen-bond acceptors (Lipinski definition) is 7. The highest BCUT2D eigenvalue weighted by molar-refractivity contribution is 6.28. The second-order valence-corrected chi connectivity index (χ2v) is 5.02. The highest BCUT2D eigenvalue weighted by atomic mass is 16.7. The molecule has 9 nitrogen and oxygen atoms in total. The standard InChI is InChI=1S/C15H10N2O7/c18-10-7-13(21)17(14(10)22)24-15(23)8-1-3-9(4-2-8)16-11(19)5-6-12(16)20/h1-6,10,18H,7H2. The Morgan fingerprint density at radius 1 is 1.04 bits per heavy atom. The van der Waals surface area contributed by atoms with Crippen molar-refractivity contribution in [2.45, 2.75) is 12.5 Å². The number of rotatable bonds is 3. The maximum atomic E-state index is 11.9. The number of imide groups is 2. The second kappa shape index (κ2) is 5.70. The minimum Gasteiger partial charge on any atom is -0.383 e. The molecule has 2 aliphatic rings. The Hall–Kier alpha value is -3.33. The average molecular weight is 330 g/mol. The number of aliphatic hydroxyl groups excluding tert-OH is 1. The van der Waals surface area contributed by atoms with E-state index in [9.17, 15) is 29.1 Å². The van der Waals surface area contributed by atoms with Gasteiger partial charge in [-0.2, -0.15) is 0 Å². The number of hydroxylamine groups is 2. The average Bonchev–Trinajstić information content (AvgIpc) is 3.01. The Labute approximate surface area is 134 Å². The lowest BCUT2D eigenvalue weighted by molar-refractivity contribution is -0.175. The van der Waals surface area contributed by atoms with Crippen molar-refractivity contribution in [1.82, 2.24) is 5.06 Å². The number of carbonyl (C=O) groups is 5. The van der Waals surface area contributed by atoms with Crippen LogP contribution in [0.1, 0.15) is 16.8 Å². The van der Waals surface area contributed by atoms with Crippen molar-refractivity contribution in [3.05, 3.63) is 42.0 Å². The molecule has 0 spiro atoms. The smallest absolute Gasteiger partial charge is 0.363 e. The van der Waals surface area contributed by atoms with Crippen LogP contribution in [0, 0.1) is 0 Å². The van der Waals surface area contributed by atoms with Crippen LogP contribution in [0.2, 0.25) is 0 Å². The molecule has 1 atom stereocenters. The van der Waals surface area contributed by atoms with Crippen LogP contribution in [0.25, 0.3) is 0 Å². The fraction of sp³-hybridized carbons (Fsp3) is 0.133. The molecule has 9 heteroatoms. The van der Waals surface area contributed by atoms with E-state index in [0.29, 0.717) is 0 Å². The van der Waals surface area contributed by atoms with E-state index in [1.165, 1.54) is 24.3 Å². The summed E-state index contributed by atoms with van der Waals surface area (Å²) in [5.74, 6) is -3.83. The van der Waals surface area contributed by atoms with E-state index in [1.807, 2.05) is 0 Å². The fourth-order valence-corrected chi connectivity index (χ4v) is 2.23. The topological polar surface area (TPSA) is 121 Å². The Balaban J connectivity index is 1.73. The Kier molecular flexibility index (Phi) is 3.70. The summed E-state index contributed by atoms with van der Waals surface area (Å²) in [4.78, 5) is 63.6. The summed E-state index contributed by atoms with van der Waals surface area (Å²) in [6, 6.07) is 5.25. The molecule has 0 aromatic heterocycles. The number of nitrogens with zero attached hydrogens (tertiary/aromatic N) is 2. The first-order valence-electron chi connectivity index (χ1n) is 6.82. The number of hydrogen-bond donors (Lipinski definition) is 1. The van der Waals surface area contributed by atoms with Gasteiger partial charge in [0.2, 0.25) is 0 Å². The van der Waals surface area contributed by atoms with Crippen LogP contribution in [-0.4, -0.2) is 45.9 Å². The van der Waals surface area contributed by atoms with Crippen molar-refractivity contribution in [3.8, 4) is 0 Å². The zero-order valence-corrected chi connectivity index (χ0v) is 12.0. The number of benzene rings is 1. The molecule has 1 aromatic carbocycles. The van der Waals surface area contributed by atoms with Gasteiger partial charge in [0.1, 0.15) is 6.10 Å². The van der Waals surface area contributed by atoms with Crippen LogP contribution >= 0.6 is 0 Å². The Morgan fingerprint density at radius 3 is 2.12 bits per heavy atom. The summed E-state index contributed by atoms with van der Waals surface area (Å²) in [6.45, 7) is 0. The van der Waals surface area contributed by atoms with Crippen molar-refractivity contribution in [2.24, 2.45) is 0 Å². The fourth-order valence-electron chi connectivity index (χ4n) is 2.23. The van der Waals surface area contributed by atoms with Crippen LogP contribution in [0.4, 0.5) is 5.69 Å². The van der Waals surface area contributed by atoms with Gasteiger partial charge in [-0.15, -0.1) is 0 Å². The van der Waals surface area contributed by atoms with E-state index in [1.54, 1.807) is 0 Å². The lowest BCUT2D eigenvalue weighted by Gasteiger charge is -2.15. The first-order chi connectivity index (χ1) is 11.4. The van der Waals surface area contributed by atoms with Crippen LogP contribution in [0.5, 0.6) is 0 Å². The van der Waals surface area contributed by atoms with Gasteiger partial charge in [0.05, 0.1) is 17.7 Å². The van der Waals surface area contributed by atoms with Gasteiger partial charge in [0.15, 0.2) is 0 Å². The third kappa shape index (κ3) is 2.57. The van der Waals surface area contributed by atoms with Gasteiger partial charge < -0.3 is 9.94 Å². The Morgan fingerprint density at radius 2 is 1.62 bits per heavy atom. The summed E-state index contributed by atoms with van der Waals surface area (Å²) >= 11 is 0. The molecule has 24 heavy (non-hydrogen) atoms. The van der Waals surface area contributed by atoms with Crippen LogP contribution < -0.4 is 4.90 Å². The molecule has 1 unspecified atom stereocenters. The van der Waals surface area contributed by atoms with Gasteiger partial charge in [-0.3, -0.25) is 19.2 Å². The maximum absolute atomic E-state index is 11.9. The highest BCUT2D eigenvalue weighted by Crippen LogP contribution is 2.21. The molecule has 1 N–H and O–H groups in total. The monoisotopic (exact) mass is 330 g/mol. The molecule has 2 heterocycles. The molecule has 0 bridgehead atoms. The van der Waals surface area contributed by atoms with Crippen molar-refractivity contribution < 1.29 is 33.9 Å². The molecule has 1 aromatic rings. The predicted molar refractivity (Wildman–Crippen MR) is 76.0 cm³/mol. The van der Waals surface area contributed by atoms with E-state index in [0.717, 1.165) is 17.1 Å². The minimum atomic E-state index is -1.52. The third-order valence-corrected chi connectivity index (χ3v) is 3.42. The zero-order valence-electron chi connectivity index (χ0n) is 12.0. The van der Waals surface area contributed by atoms with E-state index in [-0.39, 0.29) is 16.3 Å². The third-order valence-electron chi connectivity index (χ3n) is 3.42. The number of carbonyl (C=O) groups excluding carboxylic acids is 5. The second-order valence-electron chi connectivity index (χ2n) is 5.02. The van der Waals surface area contributed by atoms with Gasteiger partial charge in [-0.25, -0.2) is 9.69 Å². The quantitative estimate of drug-likeness (QED) is 0.728. The molecule has 0 radical (unpaired) electrons. The highest BCUT2D eigenvalue weighted by Gasteiger charge is 2.40.